The summed E-state index contributed by atoms with van der Waals surface area (Å²) < 4.78 is 11.8. The number of nitrogens with one attached hydrogen (secondary N) is 1. The molecule has 1 aromatic heterocycles. The van der Waals surface area contributed by atoms with Crippen LogP contribution in [0, 0.1) is 0 Å². The van der Waals surface area contributed by atoms with Crippen LogP contribution in [0.4, 0.5) is 5.69 Å². The van der Waals surface area contributed by atoms with Gasteiger partial charge in [0.2, 0.25) is 11.2 Å². The molecule has 0 saturated heterocycles. The van der Waals surface area contributed by atoms with Crippen molar-refractivity contribution in [3.8, 4) is 17.1 Å². The van der Waals surface area contributed by atoms with Crippen LogP contribution in [0.2, 0.25) is 15.1 Å². The van der Waals surface area contributed by atoms with Crippen molar-refractivity contribution in [2.24, 2.45) is 0 Å². The van der Waals surface area contributed by atoms with E-state index >= 15 is 0 Å². The van der Waals surface area contributed by atoms with Crippen LogP contribution in [0.5, 0.6) is 5.75 Å². The largest absolute Gasteiger partial charge is 0.473 e. The van der Waals surface area contributed by atoms with E-state index in [1.807, 2.05) is 0 Å². The third-order valence-corrected chi connectivity index (χ3v) is 5.52. The summed E-state index contributed by atoms with van der Waals surface area (Å²) in [6.45, 7) is 1.53. The molecule has 0 bridgehead atoms. The highest BCUT2D eigenvalue weighted by Crippen LogP contribution is 2.36. The first-order valence-electron chi connectivity index (χ1n) is 9.58. The summed E-state index contributed by atoms with van der Waals surface area (Å²) in [6.07, 6.45) is -1.02. The van der Waals surface area contributed by atoms with Gasteiger partial charge >= 0.3 is 0 Å². The van der Waals surface area contributed by atoms with E-state index in [0.717, 1.165) is 0 Å². The molecule has 4 aromatic rings. The molecule has 0 spiro atoms. The molecule has 1 atom stereocenters. The summed E-state index contributed by atoms with van der Waals surface area (Å²) in [5.41, 5.74) is 0.858. The minimum atomic E-state index is -1.02. The SMILES string of the molecule is C[C@@H](Oc1c(-c2ccccc2Cl)oc2ccc(Cl)cc2c1=O)C(=O)Nc1ccc(Cl)cc1. The fourth-order valence-electron chi connectivity index (χ4n) is 3.09. The minimum Gasteiger partial charge on any atom is -0.473 e. The molecule has 0 aliphatic rings. The van der Waals surface area contributed by atoms with Crippen LogP contribution in [-0.2, 0) is 4.79 Å². The molecule has 1 heterocycles. The Labute approximate surface area is 198 Å². The number of amides is 1. The lowest BCUT2D eigenvalue weighted by atomic mass is 10.1. The fourth-order valence-corrected chi connectivity index (χ4v) is 3.61. The number of rotatable bonds is 5. The molecule has 5 nitrogen and oxygen atoms in total. The molecule has 1 N–H and O–H groups in total. The van der Waals surface area contributed by atoms with Crippen LogP contribution in [0.15, 0.2) is 75.9 Å². The number of carbonyl (C=O) groups excluding carboxylic acids is 1. The van der Waals surface area contributed by atoms with Gasteiger partial charge in [-0.05, 0) is 61.5 Å². The second-order valence-electron chi connectivity index (χ2n) is 6.97. The topological polar surface area (TPSA) is 68.5 Å². The van der Waals surface area contributed by atoms with Gasteiger partial charge in [-0.3, -0.25) is 9.59 Å². The van der Waals surface area contributed by atoms with Gasteiger partial charge in [0.25, 0.3) is 5.91 Å². The first kappa shape index (κ1) is 22.2. The lowest BCUT2D eigenvalue weighted by Gasteiger charge is -2.17. The molecule has 4 rings (SSSR count). The van der Waals surface area contributed by atoms with E-state index in [1.165, 1.54) is 13.0 Å². The third-order valence-electron chi connectivity index (χ3n) is 4.70. The van der Waals surface area contributed by atoms with E-state index in [2.05, 4.69) is 5.32 Å². The molecular formula is C24H16Cl3NO4. The number of benzene rings is 3. The lowest BCUT2D eigenvalue weighted by Crippen LogP contribution is -2.31. The van der Waals surface area contributed by atoms with E-state index in [9.17, 15) is 9.59 Å². The Morgan fingerprint density at radius 2 is 1.66 bits per heavy atom. The van der Waals surface area contributed by atoms with Crippen LogP contribution < -0.4 is 15.5 Å². The quantitative estimate of drug-likeness (QED) is 0.334. The maximum absolute atomic E-state index is 13.3. The van der Waals surface area contributed by atoms with Crippen LogP contribution in [0.25, 0.3) is 22.3 Å². The highest BCUT2D eigenvalue weighted by Gasteiger charge is 2.24. The summed E-state index contributed by atoms with van der Waals surface area (Å²) in [6, 6.07) is 18.2. The van der Waals surface area contributed by atoms with Crippen molar-refractivity contribution in [1.29, 1.82) is 0 Å². The minimum absolute atomic E-state index is 0.126. The Morgan fingerprint density at radius 3 is 2.38 bits per heavy atom. The number of fused-ring (bicyclic) bond motifs is 1. The van der Waals surface area contributed by atoms with Gasteiger partial charge in [-0.15, -0.1) is 0 Å². The first-order valence-corrected chi connectivity index (χ1v) is 10.7. The molecule has 32 heavy (non-hydrogen) atoms. The van der Waals surface area contributed by atoms with E-state index in [0.29, 0.717) is 31.9 Å². The molecule has 0 saturated carbocycles. The normalized spacial score (nSPS) is 11.9. The Kier molecular flexibility index (Phi) is 6.42. The van der Waals surface area contributed by atoms with Gasteiger partial charge in [-0.25, -0.2) is 0 Å². The van der Waals surface area contributed by atoms with Crippen LogP contribution in [0.1, 0.15) is 6.92 Å². The monoisotopic (exact) mass is 487 g/mol. The Hall–Kier alpha value is -2.99. The summed E-state index contributed by atoms with van der Waals surface area (Å²) in [7, 11) is 0. The number of anilines is 1. The van der Waals surface area contributed by atoms with Gasteiger partial charge in [0.15, 0.2) is 11.9 Å². The molecule has 3 aromatic carbocycles. The van der Waals surface area contributed by atoms with E-state index < -0.39 is 17.4 Å². The highest BCUT2D eigenvalue weighted by molar-refractivity contribution is 6.33. The number of halogens is 3. The molecular weight excluding hydrogens is 473 g/mol. The van der Waals surface area contributed by atoms with Crippen LogP contribution in [0.3, 0.4) is 0 Å². The number of ether oxygens (including phenoxy) is 1. The van der Waals surface area contributed by atoms with Gasteiger partial charge < -0.3 is 14.5 Å². The molecule has 0 aliphatic carbocycles. The molecule has 0 radical (unpaired) electrons. The zero-order valence-corrected chi connectivity index (χ0v) is 19.0. The smallest absolute Gasteiger partial charge is 0.265 e. The fraction of sp³-hybridized carbons (Fsp3) is 0.0833. The van der Waals surface area contributed by atoms with Crippen molar-refractivity contribution >= 4 is 57.4 Å². The summed E-state index contributed by atoms with van der Waals surface area (Å²) in [4.78, 5) is 26.0. The molecule has 0 fully saturated rings. The number of hydrogen-bond donors (Lipinski definition) is 1. The van der Waals surface area contributed by atoms with E-state index in [4.69, 9.17) is 44.0 Å². The summed E-state index contributed by atoms with van der Waals surface area (Å²) in [5.74, 6) is -0.462. The summed E-state index contributed by atoms with van der Waals surface area (Å²) >= 11 is 18.3. The molecule has 0 unspecified atom stereocenters. The first-order chi connectivity index (χ1) is 15.3. The maximum Gasteiger partial charge on any atom is 0.265 e. The van der Waals surface area contributed by atoms with Crippen molar-refractivity contribution in [3.63, 3.8) is 0 Å². The number of carbonyl (C=O) groups is 1. The van der Waals surface area contributed by atoms with Gasteiger partial charge in [-0.1, -0.05) is 46.9 Å². The predicted molar refractivity (Wildman–Crippen MR) is 128 cm³/mol. The standard InChI is InChI=1S/C24H16Cl3NO4/c1-13(24(30)28-16-9-6-14(25)7-10-16)31-23-21(29)18-12-15(26)8-11-20(18)32-22(23)17-4-2-3-5-19(17)27/h2-13H,1H3,(H,28,30)/t13-/m1/s1. The van der Waals surface area contributed by atoms with Crippen LogP contribution in [-0.4, -0.2) is 12.0 Å². The van der Waals surface area contributed by atoms with Gasteiger partial charge in [0.05, 0.1) is 10.4 Å². The third kappa shape index (κ3) is 4.60. The van der Waals surface area contributed by atoms with Crippen molar-refractivity contribution in [1.82, 2.24) is 0 Å². The van der Waals surface area contributed by atoms with Crippen molar-refractivity contribution < 1.29 is 13.9 Å². The second kappa shape index (κ2) is 9.25. The molecule has 0 aliphatic heterocycles. The Balaban J connectivity index is 1.76. The average molecular weight is 489 g/mol. The molecule has 8 heteroatoms. The van der Waals surface area contributed by atoms with E-state index in [-0.39, 0.29) is 16.9 Å². The number of hydrogen-bond acceptors (Lipinski definition) is 4. The zero-order chi connectivity index (χ0) is 22.8. The molecule has 162 valence electrons. The van der Waals surface area contributed by atoms with Crippen molar-refractivity contribution in [2.75, 3.05) is 5.32 Å². The van der Waals surface area contributed by atoms with Gasteiger partial charge in [-0.2, -0.15) is 0 Å². The van der Waals surface area contributed by atoms with Gasteiger partial charge in [0, 0.05) is 21.3 Å². The van der Waals surface area contributed by atoms with Crippen molar-refractivity contribution in [2.45, 2.75) is 13.0 Å². The average Bonchev–Trinajstić information content (AvgIpc) is 2.78. The lowest BCUT2D eigenvalue weighted by molar-refractivity contribution is -0.122. The maximum atomic E-state index is 13.3. The van der Waals surface area contributed by atoms with Crippen molar-refractivity contribution in [3.05, 3.63) is 92.0 Å². The summed E-state index contributed by atoms with van der Waals surface area (Å²) in [5, 5.41) is 4.24. The molecule has 1 amide bonds. The van der Waals surface area contributed by atoms with Crippen LogP contribution >= 0.6 is 34.8 Å². The zero-order valence-electron chi connectivity index (χ0n) is 16.7. The second-order valence-corrected chi connectivity index (χ2v) is 8.25. The predicted octanol–water partition coefficient (Wildman–Crippen LogP) is 6.83. The Bertz CT molecular complexity index is 1370. The van der Waals surface area contributed by atoms with E-state index in [1.54, 1.807) is 60.7 Å². The Morgan fingerprint density at radius 1 is 0.969 bits per heavy atom. The highest BCUT2D eigenvalue weighted by atomic mass is 35.5. The van der Waals surface area contributed by atoms with Gasteiger partial charge in [0.1, 0.15) is 5.58 Å².